The SMILES string of the molecule is CC(C)CN(C)c1nc(N)nc2nc[nH]c12. The highest BCUT2D eigenvalue weighted by Crippen LogP contribution is 2.21. The van der Waals surface area contributed by atoms with Gasteiger partial charge in [-0.05, 0) is 5.92 Å². The van der Waals surface area contributed by atoms with Gasteiger partial charge in [0.15, 0.2) is 11.5 Å². The number of nitrogens with one attached hydrogen (secondary N) is 1. The Morgan fingerprint density at radius 1 is 1.44 bits per heavy atom. The molecule has 2 aromatic rings. The van der Waals surface area contributed by atoms with E-state index >= 15 is 0 Å². The van der Waals surface area contributed by atoms with Gasteiger partial charge in [-0.15, -0.1) is 0 Å². The minimum Gasteiger partial charge on any atom is -0.368 e. The molecule has 6 heteroatoms. The summed E-state index contributed by atoms with van der Waals surface area (Å²) in [6.45, 7) is 5.22. The molecular weight excluding hydrogens is 204 g/mol. The molecule has 0 aliphatic heterocycles. The van der Waals surface area contributed by atoms with Gasteiger partial charge in [0.25, 0.3) is 0 Å². The summed E-state index contributed by atoms with van der Waals surface area (Å²) in [6.07, 6.45) is 1.60. The molecule has 0 aliphatic rings. The zero-order chi connectivity index (χ0) is 11.7. The first kappa shape index (κ1) is 10.7. The van der Waals surface area contributed by atoms with Crippen LogP contribution in [0.3, 0.4) is 0 Å². The average molecular weight is 220 g/mol. The number of H-pyrrole nitrogens is 1. The maximum Gasteiger partial charge on any atom is 0.224 e. The third-order valence-electron chi connectivity index (χ3n) is 2.28. The van der Waals surface area contributed by atoms with Crippen molar-refractivity contribution in [3.63, 3.8) is 0 Å². The Bertz CT molecular complexity index is 489. The van der Waals surface area contributed by atoms with E-state index in [1.165, 1.54) is 0 Å². The predicted molar refractivity (Wildman–Crippen MR) is 64.2 cm³/mol. The zero-order valence-corrected chi connectivity index (χ0v) is 9.73. The number of nitrogens with two attached hydrogens (primary N) is 1. The summed E-state index contributed by atoms with van der Waals surface area (Å²) in [5.74, 6) is 1.61. The molecule has 0 saturated heterocycles. The fourth-order valence-corrected chi connectivity index (χ4v) is 1.74. The molecule has 2 heterocycles. The first-order chi connectivity index (χ1) is 7.58. The van der Waals surface area contributed by atoms with Crippen LogP contribution in [0.4, 0.5) is 11.8 Å². The van der Waals surface area contributed by atoms with E-state index in [1.807, 2.05) is 7.05 Å². The van der Waals surface area contributed by atoms with Gasteiger partial charge in [-0.2, -0.15) is 9.97 Å². The molecule has 0 fully saturated rings. The minimum atomic E-state index is 0.255. The van der Waals surface area contributed by atoms with Gasteiger partial charge in [0.1, 0.15) is 5.52 Å². The molecule has 0 bridgehead atoms. The Kier molecular flexibility index (Phi) is 2.64. The molecule has 16 heavy (non-hydrogen) atoms. The summed E-state index contributed by atoms with van der Waals surface area (Å²) in [6, 6.07) is 0. The predicted octanol–water partition coefficient (Wildman–Crippen LogP) is 1.03. The highest BCUT2D eigenvalue weighted by Gasteiger charge is 2.13. The van der Waals surface area contributed by atoms with Crippen molar-refractivity contribution in [2.24, 2.45) is 5.92 Å². The summed E-state index contributed by atoms with van der Waals surface area (Å²) in [7, 11) is 1.99. The highest BCUT2D eigenvalue weighted by atomic mass is 15.2. The summed E-state index contributed by atoms with van der Waals surface area (Å²) in [4.78, 5) is 17.5. The van der Waals surface area contributed by atoms with E-state index in [0.29, 0.717) is 11.6 Å². The molecule has 2 aromatic heterocycles. The minimum absolute atomic E-state index is 0.255. The molecule has 0 unspecified atom stereocenters. The molecule has 0 amide bonds. The molecule has 0 atom stereocenters. The Morgan fingerprint density at radius 2 is 2.19 bits per heavy atom. The Morgan fingerprint density at radius 3 is 2.88 bits per heavy atom. The van der Waals surface area contributed by atoms with Crippen molar-refractivity contribution in [3.8, 4) is 0 Å². The summed E-state index contributed by atoms with van der Waals surface area (Å²) >= 11 is 0. The summed E-state index contributed by atoms with van der Waals surface area (Å²) < 4.78 is 0. The van der Waals surface area contributed by atoms with E-state index < -0.39 is 0 Å². The number of hydrogen-bond acceptors (Lipinski definition) is 5. The number of rotatable bonds is 3. The van der Waals surface area contributed by atoms with Crippen LogP contribution in [0, 0.1) is 5.92 Å². The maximum atomic E-state index is 5.65. The molecule has 0 radical (unpaired) electrons. The van der Waals surface area contributed by atoms with Crippen LogP contribution in [0.5, 0.6) is 0 Å². The van der Waals surface area contributed by atoms with Crippen molar-refractivity contribution < 1.29 is 0 Å². The van der Waals surface area contributed by atoms with Crippen LogP contribution in [-0.2, 0) is 0 Å². The van der Waals surface area contributed by atoms with Gasteiger partial charge in [-0.3, -0.25) is 0 Å². The van der Waals surface area contributed by atoms with E-state index in [1.54, 1.807) is 6.33 Å². The lowest BCUT2D eigenvalue weighted by Gasteiger charge is -2.20. The number of nitrogens with zero attached hydrogens (tertiary/aromatic N) is 4. The van der Waals surface area contributed by atoms with E-state index in [0.717, 1.165) is 17.9 Å². The smallest absolute Gasteiger partial charge is 0.224 e. The molecule has 0 aromatic carbocycles. The Balaban J connectivity index is 2.45. The van der Waals surface area contributed by atoms with Crippen LogP contribution in [-0.4, -0.2) is 33.5 Å². The maximum absolute atomic E-state index is 5.65. The molecule has 0 aliphatic carbocycles. The first-order valence-electron chi connectivity index (χ1n) is 5.25. The van der Waals surface area contributed by atoms with Gasteiger partial charge < -0.3 is 15.6 Å². The van der Waals surface area contributed by atoms with Gasteiger partial charge in [-0.25, -0.2) is 4.98 Å². The lowest BCUT2D eigenvalue weighted by molar-refractivity contribution is 0.635. The van der Waals surface area contributed by atoms with Crippen LogP contribution in [0.15, 0.2) is 6.33 Å². The largest absolute Gasteiger partial charge is 0.368 e. The lowest BCUT2D eigenvalue weighted by Crippen LogP contribution is -2.24. The third kappa shape index (κ3) is 1.91. The average Bonchev–Trinajstić information content (AvgIpc) is 2.62. The van der Waals surface area contributed by atoms with E-state index in [4.69, 9.17) is 5.73 Å². The van der Waals surface area contributed by atoms with Gasteiger partial charge in [0, 0.05) is 13.6 Å². The molecule has 0 saturated carbocycles. The standard InChI is InChI=1S/C10H16N6/c1-6(2)4-16(3)9-7-8(13-5-12-7)14-10(11)15-9/h5-6H,4H2,1-3H3,(H3,11,12,13,14,15). The topological polar surface area (TPSA) is 83.7 Å². The highest BCUT2D eigenvalue weighted by molar-refractivity contribution is 5.83. The van der Waals surface area contributed by atoms with Crippen molar-refractivity contribution in [1.82, 2.24) is 19.9 Å². The van der Waals surface area contributed by atoms with Crippen LogP contribution >= 0.6 is 0 Å². The van der Waals surface area contributed by atoms with Crippen LogP contribution in [0.2, 0.25) is 0 Å². The molecule has 86 valence electrons. The number of hydrogen-bond donors (Lipinski definition) is 2. The number of aromatic amines is 1. The van der Waals surface area contributed by atoms with Crippen molar-refractivity contribution >= 4 is 22.9 Å². The van der Waals surface area contributed by atoms with Gasteiger partial charge in [0.05, 0.1) is 6.33 Å². The summed E-state index contributed by atoms with van der Waals surface area (Å²) in [5.41, 5.74) is 7.09. The third-order valence-corrected chi connectivity index (χ3v) is 2.28. The molecule has 0 spiro atoms. The Hall–Kier alpha value is -1.85. The van der Waals surface area contributed by atoms with Gasteiger partial charge in [-0.1, -0.05) is 13.8 Å². The fourth-order valence-electron chi connectivity index (χ4n) is 1.74. The van der Waals surface area contributed by atoms with Crippen LogP contribution in [0.1, 0.15) is 13.8 Å². The van der Waals surface area contributed by atoms with Crippen molar-refractivity contribution in [2.45, 2.75) is 13.8 Å². The molecule has 6 nitrogen and oxygen atoms in total. The normalized spacial score (nSPS) is 11.2. The van der Waals surface area contributed by atoms with Crippen molar-refractivity contribution in [3.05, 3.63) is 6.33 Å². The van der Waals surface area contributed by atoms with E-state index in [2.05, 4.69) is 38.7 Å². The number of nitrogen functional groups attached to an aromatic ring is 1. The quantitative estimate of drug-likeness (QED) is 0.807. The van der Waals surface area contributed by atoms with E-state index in [9.17, 15) is 0 Å². The first-order valence-corrected chi connectivity index (χ1v) is 5.25. The van der Waals surface area contributed by atoms with Crippen molar-refractivity contribution in [1.29, 1.82) is 0 Å². The van der Waals surface area contributed by atoms with Crippen molar-refractivity contribution in [2.75, 3.05) is 24.2 Å². The second kappa shape index (κ2) is 3.96. The number of aromatic nitrogens is 4. The number of anilines is 2. The fraction of sp³-hybridized carbons (Fsp3) is 0.500. The summed E-state index contributed by atoms with van der Waals surface area (Å²) in [5, 5.41) is 0. The number of fused-ring (bicyclic) bond motifs is 1. The second-order valence-electron chi connectivity index (χ2n) is 4.28. The Labute approximate surface area is 93.9 Å². The van der Waals surface area contributed by atoms with Gasteiger partial charge >= 0.3 is 0 Å². The van der Waals surface area contributed by atoms with Crippen LogP contribution < -0.4 is 10.6 Å². The molecule has 2 rings (SSSR count). The zero-order valence-electron chi connectivity index (χ0n) is 9.73. The van der Waals surface area contributed by atoms with Crippen LogP contribution in [0.25, 0.3) is 11.2 Å². The number of imidazole rings is 1. The molecule has 3 N–H and O–H groups in total. The lowest BCUT2D eigenvalue weighted by atomic mass is 10.2. The second-order valence-corrected chi connectivity index (χ2v) is 4.28. The molecular formula is C10H16N6. The monoisotopic (exact) mass is 220 g/mol. The van der Waals surface area contributed by atoms with Gasteiger partial charge in [0.2, 0.25) is 5.95 Å². The van der Waals surface area contributed by atoms with E-state index in [-0.39, 0.29) is 5.95 Å².